The normalized spacial score (nSPS) is 20.3. The Hall–Kier alpha value is -2.43. The highest BCUT2D eigenvalue weighted by Gasteiger charge is 2.42. The molecule has 2 unspecified atom stereocenters. The van der Waals surface area contributed by atoms with Gasteiger partial charge < -0.3 is 0 Å². The Kier molecular flexibility index (Phi) is 5.11. The zero-order chi connectivity index (χ0) is 21.7. The van der Waals surface area contributed by atoms with Crippen LogP contribution in [0.1, 0.15) is 19.2 Å². The summed E-state index contributed by atoms with van der Waals surface area (Å²) < 4.78 is 52.4. The first-order valence-corrected chi connectivity index (χ1v) is 12.1. The van der Waals surface area contributed by atoms with Crippen LogP contribution in [0, 0.1) is 5.82 Å². The second kappa shape index (κ2) is 7.36. The third-order valence-corrected chi connectivity index (χ3v) is 8.39. The van der Waals surface area contributed by atoms with Crippen LogP contribution in [0.3, 0.4) is 0 Å². The summed E-state index contributed by atoms with van der Waals surface area (Å²) in [6.45, 7) is 1.55. The van der Waals surface area contributed by atoms with Crippen molar-refractivity contribution in [3.05, 3.63) is 65.6 Å². The lowest BCUT2D eigenvalue weighted by atomic mass is 9.94. The van der Waals surface area contributed by atoms with Gasteiger partial charge in [-0.3, -0.25) is 4.21 Å². The van der Waals surface area contributed by atoms with Gasteiger partial charge in [0.15, 0.2) is 22.3 Å². The third kappa shape index (κ3) is 3.28. The Morgan fingerprint density at radius 2 is 2.10 bits per heavy atom. The van der Waals surface area contributed by atoms with Crippen LogP contribution in [0.2, 0.25) is 5.15 Å². The Balaban J connectivity index is 1.79. The minimum absolute atomic E-state index is 0.0100. The summed E-state index contributed by atoms with van der Waals surface area (Å²) in [7, 11) is -5.70. The average molecular weight is 467 g/mol. The first kappa shape index (κ1) is 20.8. The molecule has 0 aromatic carbocycles. The molecule has 2 atom stereocenters. The lowest BCUT2D eigenvalue weighted by molar-refractivity contribution is 0.554. The molecule has 0 spiro atoms. The fraction of sp³-hybridized carbons (Fsp3) is 0.211. The maximum Gasteiger partial charge on any atom is 0.250 e. The summed E-state index contributed by atoms with van der Waals surface area (Å²) in [5, 5.41) is 0.391. The molecule has 30 heavy (non-hydrogen) atoms. The summed E-state index contributed by atoms with van der Waals surface area (Å²) in [6.07, 6.45) is 8.54. The van der Waals surface area contributed by atoms with E-state index in [1.54, 1.807) is 43.4 Å². The number of fused-ring (bicyclic) bond motifs is 1. The highest BCUT2D eigenvalue weighted by molar-refractivity contribution is 7.91. The second-order valence-electron chi connectivity index (χ2n) is 6.99. The summed E-state index contributed by atoms with van der Waals surface area (Å²) in [5.74, 6) is -0.660. The predicted molar refractivity (Wildman–Crippen MR) is 114 cm³/mol. The molecule has 156 valence electrons. The van der Waals surface area contributed by atoms with Crippen LogP contribution >= 0.6 is 11.6 Å². The fourth-order valence-corrected chi connectivity index (χ4v) is 6.00. The molecule has 0 N–H and O–H groups in total. The van der Waals surface area contributed by atoms with Crippen molar-refractivity contribution in [2.45, 2.75) is 23.1 Å². The van der Waals surface area contributed by atoms with E-state index in [0.717, 1.165) is 10.2 Å². The van der Waals surface area contributed by atoms with E-state index in [0.29, 0.717) is 11.0 Å². The Morgan fingerprint density at radius 1 is 1.33 bits per heavy atom. The Bertz CT molecular complexity index is 1370. The molecule has 1 aliphatic carbocycles. The molecule has 0 bridgehead atoms. The van der Waals surface area contributed by atoms with E-state index in [2.05, 4.69) is 15.0 Å². The average Bonchev–Trinajstić information content (AvgIpc) is 3.04. The third-order valence-electron chi connectivity index (χ3n) is 4.87. The second-order valence-corrected chi connectivity index (χ2v) is 10.9. The van der Waals surface area contributed by atoms with Crippen LogP contribution in [0.25, 0.3) is 16.6 Å². The van der Waals surface area contributed by atoms with Gasteiger partial charge in [-0.15, -0.1) is 0 Å². The molecule has 0 aliphatic heterocycles. The number of aromatic nitrogens is 4. The minimum atomic E-state index is -4.05. The maximum atomic E-state index is 13.8. The summed E-state index contributed by atoms with van der Waals surface area (Å²) >= 11 is 6.26. The van der Waals surface area contributed by atoms with Crippen LogP contribution in [-0.4, -0.2) is 42.6 Å². The highest BCUT2D eigenvalue weighted by Crippen LogP contribution is 2.38. The number of allylic oxidation sites excluding steroid dienone is 3. The smallest absolute Gasteiger partial charge is 0.250 e. The Labute approximate surface area is 179 Å². The van der Waals surface area contributed by atoms with Crippen molar-refractivity contribution < 1.29 is 17.0 Å². The fourth-order valence-electron chi connectivity index (χ4n) is 3.32. The van der Waals surface area contributed by atoms with Crippen molar-refractivity contribution in [2.75, 3.05) is 6.26 Å². The highest BCUT2D eigenvalue weighted by atomic mass is 35.5. The first-order chi connectivity index (χ1) is 14.1. The van der Waals surface area contributed by atoms with Crippen molar-refractivity contribution in [1.82, 2.24) is 18.9 Å². The molecule has 1 aliphatic rings. The molecule has 3 aromatic heterocycles. The van der Waals surface area contributed by atoms with Gasteiger partial charge in [0, 0.05) is 24.3 Å². The molecule has 0 fully saturated rings. The van der Waals surface area contributed by atoms with Crippen molar-refractivity contribution in [3.63, 3.8) is 0 Å². The van der Waals surface area contributed by atoms with Gasteiger partial charge in [0.05, 0.1) is 17.0 Å². The molecule has 0 saturated carbocycles. The first-order valence-electron chi connectivity index (χ1n) is 8.76. The van der Waals surface area contributed by atoms with Crippen LogP contribution in [0.5, 0.6) is 0 Å². The number of nitrogens with zero attached hydrogens (tertiary/aromatic N) is 4. The van der Waals surface area contributed by atoms with E-state index in [-0.39, 0.29) is 28.1 Å². The predicted octanol–water partition coefficient (Wildman–Crippen LogP) is 3.34. The van der Waals surface area contributed by atoms with Crippen LogP contribution in [0.4, 0.5) is 4.39 Å². The largest absolute Gasteiger partial charge is 0.253 e. The van der Waals surface area contributed by atoms with Crippen LogP contribution in [0.15, 0.2) is 53.8 Å². The maximum absolute atomic E-state index is 13.8. The van der Waals surface area contributed by atoms with Crippen molar-refractivity contribution in [2.24, 2.45) is 0 Å². The number of halogens is 2. The molecule has 0 saturated heterocycles. The van der Waals surface area contributed by atoms with Crippen molar-refractivity contribution in [3.8, 4) is 0 Å². The zero-order valence-electron chi connectivity index (χ0n) is 15.9. The van der Waals surface area contributed by atoms with Crippen LogP contribution in [-0.2, 0) is 20.8 Å². The summed E-state index contributed by atoms with van der Waals surface area (Å²) in [6, 6.07) is 4.96. The molecule has 4 rings (SSSR count). The minimum Gasteiger partial charge on any atom is -0.253 e. The van der Waals surface area contributed by atoms with E-state index in [4.69, 9.17) is 11.6 Å². The van der Waals surface area contributed by atoms with E-state index in [1.165, 1.54) is 12.5 Å². The quantitative estimate of drug-likeness (QED) is 0.547. The monoisotopic (exact) mass is 466 g/mol. The number of rotatable bonds is 4. The van der Waals surface area contributed by atoms with Crippen LogP contribution < -0.4 is 0 Å². The van der Waals surface area contributed by atoms with Gasteiger partial charge in [0.25, 0.3) is 10.0 Å². The summed E-state index contributed by atoms with van der Waals surface area (Å²) in [5.41, 5.74) is 0.700. The van der Waals surface area contributed by atoms with Gasteiger partial charge in [-0.1, -0.05) is 29.8 Å². The SMILES string of the molecule is CS(=O)c1nc(C2=CC=CC(C)(S(=O)(=O)n3c(Cl)cc4cccnc43)C2)ncc1F. The van der Waals surface area contributed by atoms with Gasteiger partial charge in [-0.05, 0) is 30.7 Å². The number of hydrogen-bond donors (Lipinski definition) is 0. The molecule has 11 heteroatoms. The molecule has 3 aromatic rings. The lowest BCUT2D eigenvalue weighted by Crippen LogP contribution is -2.39. The Morgan fingerprint density at radius 3 is 2.83 bits per heavy atom. The van der Waals surface area contributed by atoms with Crippen molar-refractivity contribution in [1.29, 1.82) is 0 Å². The van der Waals surface area contributed by atoms with E-state index >= 15 is 0 Å². The molecule has 0 radical (unpaired) electrons. The van der Waals surface area contributed by atoms with Gasteiger partial charge in [-0.25, -0.2) is 31.7 Å². The molecule has 3 heterocycles. The molecule has 7 nitrogen and oxygen atoms in total. The zero-order valence-corrected chi connectivity index (χ0v) is 18.3. The van der Waals surface area contributed by atoms with Crippen molar-refractivity contribution >= 4 is 49.0 Å². The number of hydrogen-bond acceptors (Lipinski definition) is 6. The summed E-state index contributed by atoms with van der Waals surface area (Å²) in [4.78, 5) is 12.2. The molecular weight excluding hydrogens is 451 g/mol. The molecular formula is C19H16ClFN4O3S2. The number of pyridine rings is 1. The topological polar surface area (TPSA) is 94.8 Å². The molecule has 0 amide bonds. The van der Waals surface area contributed by atoms with E-state index in [1.807, 2.05) is 0 Å². The van der Waals surface area contributed by atoms with Gasteiger partial charge in [0.2, 0.25) is 0 Å². The van der Waals surface area contributed by atoms with E-state index < -0.39 is 31.4 Å². The van der Waals surface area contributed by atoms with Gasteiger partial charge in [0.1, 0.15) is 9.90 Å². The standard InChI is InChI=1S/C19H16ClFN4O3S2/c1-19(30(27,28)25-15(20)9-12-6-4-8-22-17(12)25)7-3-5-13(10-19)16-23-11-14(21)18(24-16)29(2)26/h3-9,11H,10H2,1-2H3. The van der Waals surface area contributed by atoms with Gasteiger partial charge in [-0.2, -0.15) is 0 Å². The van der Waals surface area contributed by atoms with E-state index in [9.17, 15) is 17.0 Å². The lowest BCUT2D eigenvalue weighted by Gasteiger charge is -2.29. The van der Waals surface area contributed by atoms with Gasteiger partial charge >= 0.3 is 0 Å².